The third kappa shape index (κ3) is 3.45. The summed E-state index contributed by atoms with van der Waals surface area (Å²) < 4.78 is 1.20. The molecule has 1 atom stereocenters. The van der Waals surface area contributed by atoms with E-state index in [9.17, 15) is 0 Å². The van der Waals surface area contributed by atoms with Crippen LogP contribution in [0.3, 0.4) is 0 Å². The molecule has 1 heterocycles. The minimum absolute atomic E-state index is 0.406. The largest absolute Gasteiger partial charge is 0.308 e. The van der Waals surface area contributed by atoms with Gasteiger partial charge in [-0.15, -0.1) is 23.2 Å². The second kappa shape index (κ2) is 6.23. The Bertz CT molecular complexity index is 335. The Hall–Kier alpha value is -0.300. The predicted octanol–water partition coefficient (Wildman–Crippen LogP) is 3.57. The van der Waals surface area contributed by atoms with Gasteiger partial charge in [-0.3, -0.25) is 0 Å². The zero-order chi connectivity index (χ0) is 10.4. The molecule has 0 aliphatic heterocycles. The SMILES string of the molecule is CC#CCCNC(C)c1sccc1Br. The molecule has 0 aliphatic rings. The first-order valence-corrected chi connectivity index (χ1v) is 6.29. The number of hydrogen-bond donors (Lipinski definition) is 1. The van der Waals surface area contributed by atoms with Gasteiger partial charge >= 0.3 is 0 Å². The van der Waals surface area contributed by atoms with E-state index in [1.165, 1.54) is 9.35 Å². The second-order valence-corrected chi connectivity index (χ2v) is 4.79. The van der Waals surface area contributed by atoms with Gasteiger partial charge in [-0.2, -0.15) is 0 Å². The molecule has 0 radical (unpaired) electrons. The number of thiophene rings is 1. The van der Waals surface area contributed by atoms with Crippen LogP contribution in [0, 0.1) is 11.8 Å². The zero-order valence-electron chi connectivity index (χ0n) is 8.43. The number of nitrogens with one attached hydrogen (secondary N) is 1. The standard InChI is InChI=1S/C11H14BrNS/c1-3-4-5-7-13-9(2)11-10(12)6-8-14-11/h6,8-9,13H,5,7H2,1-2H3. The average Bonchev–Trinajstić information content (AvgIpc) is 2.59. The molecule has 0 bridgehead atoms. The van der Waals surface area contributed by atoms with Crippen molar-refractivity contribution in [3.05, 3.63) is 20.8 Å². The van der Waals surface area contributed by atoms with Crippen LogP contribution in [0.4, 0.5) is 0 Å². The molecule has 1 rings (SSSR count). The maximum Gasteiger partial charge on any atom is 0.0397 e. The minimum atomic E-state index is 0.406. The quantitative estimate of drug-likeness (QED) is 0.652. The summed E-state index contributed by atoms with van der Waals surface area (Å²) in [7, 11) is 0. The van der Waals surface area contributed by atoms with Gasteiger partial charge < -0.3 is 5.32 Å². The lowest BCUT2D eigenvalue weighted by molar-refractivity contribution is 0.591. The van der Waals surface area contributed by atoms with Crippen LogP contribution in [0.5, 0.6) is 0 Å². The lowest BCUT2D eigenvalue weighted by Crippen LogP contribution is -2.18. The number of hydrogen-bond acceptors (Lipinski definition) is 2. The normalized spacial score (nSPS) is 11.9. The average molecular weight is 272 g/mol. The summed E-state index contributed by atoms with van der Waals surface area (Å²) in [6.45, 7) is 5.00. The van der Waals surface area contributed by atoms with Crippen LogP contribution in [0.1, 0.15) is 31.2 Å². The summed E-state index contributed by atoms with van der Waals surface area (Å²) in [5.74, 6) is 5.93. The van der Waals surface area contributed by atoms with Gasteiger partial charge in [0.2, 0.25) is 0 Å². The molecule has 0 spiro atoms. The van der Waals surface area contributed by atoms with E-state index in [0.717, 1.165) is 13.0 Å². The van der Waals surface area contributed by atoms with Crippen LogP contribution in [0.25, 0.3) is 0 Å². The minimum Gasteiger partial charge on any atom is -0.308 e. The lowest BCUT2D eigenvalue weighted by Gasteiger charge is -2.11. The molecular weight excluding hydrogens is 258 g/mol. The highest BCUT2D eigenvalue weighted by Gasteiger charge is 2.08. The van der Waals surface area contributed by atoms with E-state index in [-0.39, 0.29) is 0 Å². The molecule has 1 unspecified atom stereocenters. The fourth-order valence-electron chi connectivity index (χ4n) is 1.18. The molecule has 1 aromatic rings. The highest BCUT2D eigenvalue weighted by molar-refractivity contribution is 9.10. The van der Waals surface area contributed by atoms with Crippen molar-refractivity contribution in [3.8, 4) is 11.8 Å². The van der Waals surface area contributed by atoms with E-state index < -0.39 is 0 Å². The lowest BCUT2D eigenvalue weighted by atomic mass is 10.2. The Morgan fingerprint density at radius 3 is 3.00 bits per heavy atom. The molecule has 0 amide bonds. The molecule has 14 heavy (non-hydrogen) atoms. The summed E-state index contributed by atoms with van der Waals surface area (Å²) in [4.78, 5) is 1.36. The van der Waals surface area contributed by atoms with Crippen molar-refractivity contribution in [2.75, 3.05) is 6.54 Å². The molecule has 0 saturated carbocycles. The van der Waals surface area contributed by atoms with Gasteiger partial charge in [0.25, 0.3) is 0 Å². The van der Waals surface area contributed by atoms with Crippen molar-refractivity contribution >= 4 is 27.3 Å². The van der Waals surface area contributed by atoms with Crippen molar-refractivity contribution in [3.63, 3.8) is 0 Å². The highest BCUT2D eigenvalue weighted by atomic mass is 79.9. The van der Waals surface area contributed by atoms with Crippen LogP contribution in [-0.4, -0.2) is 6.54 Å². The van der Waals surface area contributed by atoms with Crippen molar-refractivity contribution in [2.24, 2.45) is 0 Å². The Labute approximate surface area is 98.0 Å². The molecule has 1 N–H and O–H groups in total. The maximum atomic E-state index is 3.53. The van der Waals surface area contributed by atoms with E-state index in [1.54, 1.807) is 11.3 Å². The molecule has 76 valence electrons. The fourth-order valence-corrected chi connectivity index (χ4v) is 2.93. The zero-order valence-corrected chi connectivity index (χ0v) is 10.8. The first kappa shape index (κ1) is 11.8. The summed E-state index contributed by atoms with van der Waals surface area (Å²) in [5.41, 5.74) is 0. The first-order chi connectivity index (χ1) is 6.75. The number of halogens is 1. The van der Waals surface area contributed by atoms with Crippen LogP contribution >= 0.6 is 27.3 Å². The molecule has 0 aliphatic carbocycles. The number of rotatable bonds is 4. The molecule has 0 fully saturated rings. The van der Waals surface area contributed by atoms with E-state index >= 15 is 0 Å². The Morgan fingerprint density at radius 2 is 2.43 bits per heavy atom. The van der Waals surface area contributed by atoms with Crippen LogP contribution < -0.4 is 5.32 Å². The molecular formula is C11H14BrNS. The second-order valence-electron chi connectivity index (χ2n) is 2.99. The van der Waals surface area contributed by atoms with Crippen molar-refractivity contribution in [1.29, 1.82) is 0 Å². The van der Waals surface area contributed by atoms with E-state index in [2.05, 4.69) is 51.5 Å². The van der Waals surface area contributed by atoms with Crippen molar-refractivity contribution < 1.29 is 0 Å². The van der Waals surface area contributed by atoms with E-state index in [1.807, 2.05) is 6.92 Å². The smallest absolute Gasteiger partial charge is 0.0397 e. The Morgan fingerprint density at radius 1 is 1.64 bits per heavy atom. The summed E-state index contributed by atoms with van der Waals surface area (Å²) in [6.07, 6.45) is 0.920. The summed E-state index contributed by atoms with van der Waals surface area (Å²) >= 11 is 5.31. The third-order valence-corrected chi connectivity index (χ3v) is 3.97. The van der Waals surface area contributed by atoms with Gasteiger partial charge in [-0.1, -0.05) is 0 Å². The third-order valence-electron chi connectivity index (χ3n) is 1.92. The molecule has 0 saturated heterocycles. The predicted molar refractivity (Wildman–Crippen MR) is 66.5 cm³/mol. The molecule has 1 nitrogen and oxygen atoms in total. The topological polar surface area (TPSA) is 12.0 Å². The van der Waals surface area contributed by atoms with Crippen molar-refractivity contribution in [2.45, 2.75) is 26.3 Å². The van der Waals surface area contributed by atoms with Gasteiger partial charge in [-0.25, -0.2) is 0 Å². The van der Waals surface area contributed by atoms with E-state index in [0.29, 0.717) is 6.04 Å². The fraction of sp³-hybridized carbons (Fsp3) is 0.455. The van der Waals surface area contributed by atoms with Crippen molar-refractivity contribution in [1.82, 2.24) is 5.32 Å². The van der Waals surface area contributed by atoms with E-state index in [4.69, 9.17) is 0 Å². The van der Waals surface area contributed by atoms with Gasteiger partial charge in [0, 0.05) is 28.4 Å². The van der Waals surface area contributed by atoms with Crippen LogP contribution in [-0.2, 0) is 0 Å². The Kier molecular flexibility index (Phi) is 5.24. The summed E-state index contributed by atoms with van der Waals surface area (Å²) in [6, 6.07) is 2.49. The van der Waals surface area contributed by atoms with Gasteiger partial charge in [0.05, 0.1) is 0 Å². The van der Waals surface area contributed by atoms with Crippen LogP contribution in [0.15, 0.2) is 15.9 Å². The van der Waals surface area contributed by atoms with Gasteiger partial charge in [-0.05, 0) is 41.2 Å². The Balaban J connectivity index is 2.38. The molecule has 0 aromatic carbocycles. The monoisotopic (exact) mass is 271 g/mol. The summed E-state index contributed by atoms with van der Waals surface area (Å²) in [5, 5.41) is 5.54. The van der Waals surface area contributed by atoms with Gasteiger partial charge in [0.15, 0.2) is 0 Å². The first-order valence-electron chi connectivity index (χ1n) is 4.61. The highest BCUT2D eigenvalue weighted by Crippen LogP contribution is 2.28. The van der Waals surface area contributed by atoms with Crippen LogP contribution in [0.2, 0.25) is 0 Å². The maximum absolute atomic E-state index is 3.53. The van der Waals surface area contributed by atoms with Gasteiger partial charge in [0.1, 0.15) is 0 Å². The molecule has 3 heteroatoms. The molecule has 1 aromatic heterocycles.